The van der Waals surface area contributed by atoms with Gasteiger partial charge in [0.05, 0.1) is 6.08 Å². The molecule has 28 heavy (non-hydrogen) atoms. The molecule has 0 aromatic heterocycles. The van der Waals surface area contributed by atoms with E-state index in [2.05, 4.69) is 6.92 Å². The van der Waals surface area contributed by atoms with Gasteiger partial charge in [-0.05, 0) is 67.8 Å². The Morgan fingerprint density at radius 3 is 1.93 bits per heavy atom. The van der Waals surface area contributed by atoms with Gasteiger partial charge in [-0.1, -0.05) is 56.9 Å². The summed E-state index contributed by atoms with van der Waals surface area (Å²) in [5.74, 6) is 1.91. The monoisotopic (exact) mass is 396 g/mol. The van der Waals surface area contributed by atoms with E-state index in [0.717, 1.165) is 36.2 Å². The Hall–Kier alpha value is -1.32. The zero-order chi connectivity index (χ0) is 20.1. The van der Waals surface area contributed by atoms with E-state index in [1.165, 1.54) is 63.5 Å². The van der Waals surface area contributed by atoms with Gasteiger partial charge in [-0.3, -0.25) is 0 Å². The molecule has 1 aromatic rings. The first-order valence-corrected chi connectivity index (χ1v) is 10.9. The molecule has 2 fully saturated rings. The maximum atomic E-state index is 13.7. The van der Waals surface area contributed by atoms with Gasteiger partial charge in [-0.15, -0.1) is 0 Å². The fourth-order valence-corrected chi connectivity index (χ4v) is 5.42. The fraction of sp³-hybridized carbons (Fsp3) is 0.667. The number of benzene rings is 1. The molecule has 3 rings (SSSR count). The second kappa shape index (κ2) is 9.45. The van der Waals surface area contributed by atoms with Gasteiger partial charge in [0, 0.05) is 5.56 Å². The highest BCUT2D eigenvalue weighted by atomic mass is 19.4. The van der Waals surface area contributed by atoms with Gasteiger partial charge < -0.3 is 0 Å². The predicted molar refractivity (Wildman–Crippen MR) is 107 cm³/mol. The van der Waals surface area contributed by atoms with Crippen molar-refractivity contribution >= 4 is 5.83 Å². The smallest absolute Gasteiger partial charge is 0.206 e. The van der Waals surface area contributed by atoms with E-state index >= 15 is 0 Å². The number of alkyl halides is 3. The van der Waals surface area contributed by atoms with E-state index in [9.17, 15) is 17.6 Å². The van der Waals surface area contributed by atoms with Crippen molar-refractivity contribution < 1.29 is 17.6 Å². The summed E-state index contributed by atoms with van der Waals surface area (Å²) >= 11 is 0. The average molecular weight is 397 g/mol. The molecular formula is C24H32F4. The molecule has 0 nitrogen and oxygen atoms in total. The standard InChI is InChI=1S/C24H32F4/c1-2-3-17-4-6-18(7-5-17)19-8-10-20(11-9-19)21-12-14-22(15-13-21)23(25)16-24(26,27)28/h12-20H,2-11H2,1H3/b23-16-. The van der Waals surface area contributed by atoms with Gasteiger partial charge in [0.15, 0.2) is 0 Å². The van der Waals surface area contributed by atoms with E-state index < -0.39 is 12.0 Å². The van der Waals surface area contributed by atoms with Crippen molar-refractivity contribution in [2.24, 2.45) is 17.8 Å². The Bertz CT molecular complexity index is 628. The summed E-state index contributed by atoms with van der Waals surface area (Å²) in [5, 5.41) is 0. The summed E-state index contributed by atoms with van der Waals surface area (Å²) in [6.07, 6.45) is 8.13. The van der Waals surface area contributed by atoms with Crippen molar-refractivity contribution in [1.82, 2.24) is 0 Å². The van der Waals surface area contributed by atoms with E-state index in [0.29, 0.717) is 5.92 Å². The van der Waals surface area contributed by atoms with Crippen LogP contribution < -0.4 is 0 Å². The largest absolute Gasteiger partial charge is 0.412 e. The first kappa shape index (κ1) is 21.4. The van der Waals surface area contributed by atoms with Crippen LogP contribution in [-0.2, 0) is 0 Å². The van der Waals surface area contributed by atoms with Crippen LogP contribution in [0, 0.1) is 17.8 Å². The molecule has 2 saturated carbocycles. The van der Waals surface area contributed by atoms with Gasteiger partial charge >= 0.3 is 6.18 Å². The molecule has 0 N–H and O–H groups in total. The topological polar surface area (TPSA) is 0 Å². The van der Waals surface area contributed by atoms with Crippen molar-refractivity contribution in [1.29, 1.82) is 0 Å². The number of halogens is 4. The van der Waals surface area contributed by atoms with E-state index in [4.69, 9.17) is 0 Å². The van der Waals surface area contributed by atoms with Crippen LogP contribution in [0.5, 0.6) is 0 Å². The number of rotatable bonds is 5. The van der Waals surface area contributed by atoms with Crippen LogP contribution in [0.25, 0.3) is 5.83 Å². The van der Waals surface area contributed by atoms with Crippen LogP contribution in [0.3, 0.4) is 0 Å². The molecule has 156 valence electrons. The second-order valence-electron chi connectivity index (χ2n) is 8.84. The molecule has 0 bridgehead atoms. The van der Waals surface area contributed by atoms with Crippen molar-refractivity contribution in [2.75, 3.05) is 0 Å². The molecule has 0 heterocycles. The lowest BCUT2D eigenvalue weighted by Gasteiger charge is -2.38. The normalized spacial score (nSPS) is 29.7. The molecule has 1 aromatic carbocycles. The van der Waals surface area contributed by atoms with Crippen LogP contribution in [0.15, 0.2) is 30.3 Å². The molecule has 0 unspecified atom stereocenters. The minimum absolute atomic E-state index is 0.00130. The maximum Gasteiger partial charge on any atom is 0.412 e. The first-order valence-electron chi connectivity index (χ1n) is 10.9. The predicted octanol–water partition coefficient (Wildman–Crippen LogP) is 8.44. The summed E-state index contributed by atoms with van der Waals surface area (Å²) in [5.41, 5.74) is 1.13. The van der Waals surface area contributed by atoms with Gasteiger partial charge in [-0.2, -0.15) is 13.2 Å². The summed E-state index contributed by atoms with van der Waals surface area (Å²) < 4.78 is 50.6. The van der Waals surface area contributed by atoms with Crippen LogP contribution in [-0.4, -0.2) is 6.18 Å². The van der Waals surface area contributed by atoms with Gasteiger partial charge in [0.25, 0.3) is 0 Å². The number of hydrogen-bond acceptors (Lipinski definition) is 0. The SMILES string of the molecule is CCCC1CCC(C2CCC(c3ccc(/C(F)=C/C(F)(F)F)cc3)CC2)CC1. The molecule has 0 spiro atoms. The molecule has 0 atom stereocenters. The van der Waals surface area contributed by atoms with E-state index in [1.807, 2.05) is 0 Å². The average Bonchev–Trinajstić information content (AvgIpc) is 2.68. The van der Waals surface area contributed by atoms with Crippen molar-refractivity contribution in [3.8, 4) is 0 Å². The third-order valence-corrected chi connectivity index (χ3v) is 6.98. The van der Waals surface area contributed by atoms with Gasteiger partial charge in [0.1, 0.15) is 5.83 Å². The van der Waals surface area contributed by atoms with Crippen LogP contribution >= 0.6 is 0 Å². The summed E-state index contributed by atoms with van der Waals surface area (Å²) in [7, 11) is 0. The molecule has 0 saturated heterocycles. The number of allylic oxidation sites excluding steroid dienone is 1. The molecule has 2 aliphatic carbocycles. The lowest BCUT2D eigenvalue weighted by molar-refractivity contribution is -0.0798. The lowest BCUT2D eigenvalue weighted by Crippen LogP contribution is -2.25. The van der Waals surface area contributed by atoms with Gasteiger partial charge in [0.2, 0.25) is 0 Å². The second-order valence-corrected chi connectivity index (χ2v) is 8.84. The lowest BCUT2D eigenvalue weighted by atomic mass is 9.68. The zero-order valence-corrected chi connectivity index (χ0v) is 16.8. The Morgan fingerprint density at radius 1 is 0.893 bits per heavy atom. The van der Waals surface area contributed by atoms with E-state index in [-0.39, 0.29) is 11.6 Å². The summed E-state index contributed by atoms with van der Waals surface area (Å²) in [6, 6.07) is 6.57. The van der Waals surface area contributed by atoms with Crippen molar-refractivity contribution in [3.63, 3.8) is 0 Å². The van der Waals surface area contributed by atoms with Crippen molar-refractivity contribution in [2.45, 2.75) is 83.2 Å². The highest BCUT2D eigenvalue weighted by Crippen LogP contribution is 2.44. The highest BCUT2D eigenvalue weighted by Gasteiger charge is 2.31. The Labute approximate surface area is 166 Å². The minimum atomic E-state index is -4.63. The van der Waals surface area contributed by atoms with E-state index in [1.54, 1.807) is 12.1 Å². The molecule has 0 amide bonds. The minimum Gasteiger partial charge on any atom is -0.206 e. The highest BCUT2D eigenvalue weighted by molar-refractivity contribution is 5.59. The van der Waals surface area contributed by atoms with Crippen molar-refractivity contribution in [3.05, 3.63) is 41.5 Å². The van der Waals surface area contributed by atoms with Crippen LogP contribution in [0.2, 0.25) is 0 Å². The third-order valence-electron chi connectivity index (χ3n) is 6.98. The summed E-state index contributed by atoms with van der Waals surface area (Å²) in [6.45, 7) is 2.28. The zero-order valence-electron chi connectivity index (χ0n) is 16.8. The summed E-state index contributed by atoms with van der Waals surface area (Å²) in [4.78, 5) is 0. The molecule has 0 aliphatic heterocycles. The quantitative estimate of drug-likeness (QED) is 0.438. The first-order chi connectivity index (χ1) is 13.4. The van der Waals surface area contributed by atoms with Crippen LogP contribution in [0.1, 0.15) is 88.2 Å². The molecule has 2 aliphatic rings. The van der Waals surface area contributed by atoms with Gasteiger partial charge in [-0.25, -0.2) is 4.39 Å². The Balaban J connectivity index is 1.51. The number of hydrogen-bond donors (Lipinski definition) is 0. The molecule has 0 radical (unpaired) electrons. The molecular weight excluding hydrogens is 364 g/mol. The fourth-order valence-electron chi connectivity index (χ4n) is 5.42. The van der Waals surface area contributed by atoms with Crippen LogP contribution in [0.4, 0.5) is 17.6 Å². The Morgan fingerprint density at radius 2 is 1.43 bits per heavy atom. The molecule has 4 heteroatoms. The Kier molecular flexibility index (Phi) is 7.22. The third kappa shape index (κ3) is 5.84. The maximum absolute atomic E-state index is 13.7.